The first kappa shape index (κ1) is 15.3. The van der Waals surface area contributed by atoms with Crippen LogP contribution in [0.2, 0.25) is 18.1 Å². The van der Waals surface area contributed by atoms with Crippen LogP contribution in [0.4, 0.5) is 0 Å². The van der Waals surface area contributed by atoms with Gasteiger partial charge in [-0.1, -0.05) is 46.8 Å². The van der Waals surface area contributed by atoms with E-state index in [2.05, 4.69) is 59.9 Å². The van der Waals surface area contributed by atoms with E-state index in [1.54, 1.807) is 0 Å². The second-order valence-corrected chi connectivity index (χ2v) is 13.2. The van der Waals surface area contributed by atoms with E-state index < -0.39 is 13.9 Å². The second kappa shape index (κ2) is 4.19. The molecule has 0 unspecified atom stereocenters. The zero-order valence-corrected chi connectivity index (χ0v) is 14.6. The lowest BCUT2D eigenvalue weighted by atomic mass is 9.84. The Hall–Kier alpha value is -0.123. The van der Waals surface area contributed by atoms with E-state index >= 15 is 0 Å². The molecule has 1 fully saturated rings. The Kier molecular flexibility index (Phi) is 3.36. The van der Waals surface area contributed by atoms with Gasteiger partial charge >= 0.3 is 0 Å². The van der Waals surface area contributed by atoms with E-state index in [0.717, 1.165) is 12.8 Å². The monoisotopic (exact) mass is 282 g/mol. The van der Waals surface area contributed by atoms with Crippen LogP contribution in [0, 0.1) is 11.8 Å². The summed E-state index contributed by atoms with van der Waals surface area (Å²) in [6, 6.07) is 0. The van der Waals surface area contributed by atoms with Crippen LogP contribution in [0.1, 0.15) is 47.5 Å². The van der Waals surface area contributed by atoms with Crippen LogP contribution in [0.5, 0.6) is 0 Å². The van der Waals surface area contributed by atoms with Crippen LogP contribution >= 0.6 is 0 Å². The normalized spacial score (nSPS) is 38.5. The van der Waals surface area contributed by atoms with Gasteiger partial charge in [-0.2, -0.15) is 0 Å². The van der Waals surface area contributed by atoms with E-state index in [4.69, 9.17) is 4.43 Å². The van der Waals surface area contributed by atoms with Crippen molar-refractivity contribution in [3.63, 3.8) is 0 Å². The fourth-order valence-corrected chi connectivity index (χ4v) is 4.36. The standard InChI is InChI=1S/C16H30O2Si/c1-12(2)13-8-9-16(11-15(16,17)10-13)18-19(6,7)14(3,4)5/h8-9,12-13,17H,10-11H2,1-7H3/t13-,15+,16-/m0/s1. The predicted octanol–water partition coefficient (Wildman–Crippen LogP) is 4.11. The summed E-state index contributed by atoms with van der Waals surface area (Å²) in [5, 5.41) is 11.0. The Morgan fingerprint density at radius 2 is 1.89 bits per heavy atom. The van der Waals surface area contributed by atoms with Crippen LogP contribution in [-0.2, 0) is 4.43 Å². The minimum absolute atomic E-state index is 0.188. The van der Waals surface area contributed by atoms with Crippen molar-refractivity contribution in [2.45, 2.75) is 76.8 Å². The summed E-state index contributed by atoms with van der Waals surface area (Å²) < 4.78 is 6.54. The van der Waals surface area contributed by atoms with Gasteiger partial charge in [-0.05, 0) is 36.4 Å². The van der Waals surface area contributed by atoms with Crippen molar-refractivity contribution in [2.75, 3.05) is 0 Å². The number of allylic oxidation sites excluding steroid dienone is 1. The van der Waals surface area contributed by atoms with E-state index in [0.29, 0.717) is 11.8 Å². The predicted molar refractivity (Wildman–Crippen MR) is 82.7 cm³/mol. The highest BCUT2D eigenvalue weighted by atomic mass is 28.4. The third kappa shape index (κ3) is 2.45. The van der Waals surface area contributed by atoms with Crippen molar-refractivity contribution >= 4 is 8.32 Å². The molecular weight excluding hydrogens is 252 g/mol. The van der Waals surface area contributed by atoms with Gasteiger partial charge in [0, 0.05) is 6.42 Å². The van der Waals surface area contributed by atoms with Crippen molar-refractivity contribution in [3.05, 3.63) is 12.2 Å². The number of aliphatic hydroxyl groups is 1. The average Bonchev–Trinajstić information content (AvgIpc) is 2.79. The maximum absolute atomic E-state index is 10.8. The highest BCUT2D eigenvalue weighted by Gasteiger charge is 2.70. The Balaban J connectivity index is 2.18. The molecule has 2 aliphatic carbocycles. The topological polar surface area (TPSA) is 29.5 Å². The molecule has 19 heavy (non-hydrogen) atoms. The van der Waals surface area contributed by atoms with Crippen molar-refractivity contribution in [3.8, 4) is 0 Å². The molecule has 2 rings (SSSR count). The van der Waals surface area contributed by atoms with Crippen LogP contribution < -0.4 is 0 Å². The molecule has 0 radical (unpaired) electrons. The van der Waals surface area contributed by atoms with Gasteiger partial charge in [0.2, 0.25) is 0 Å². The molecule has 0 aliphatic heterocycles. The van der Waals surface area contributed by atoms with Gasteiger partial charge in [-0.15, -0.1) is 0 Å². The summed E-state index contributed by atoms with van der Waals surface area (Å²) >= 11 is 0. The molecular formula is C16H30O2Si. The van der Waals surface area contributed by atoms with Gasteiger partial charge in [-0.3, -0.25) is 0 Å². The third-order valence-corrected chi connectivity index (χ3v) is 9.99. The molecule has 110 valence electrons. The lowest BCUT2D eigenvalue weighted by molar-refractivity contribution is 0.0282. The molecule has 3 heteroatoms. The molecule has 0 aromatic carbocycles. The Labute approximate surface area is 119 Å². The molecule has 0 saturated heterocycles. The lowest BCUT2D eigenvalue weighted by Crippen LogP contribution is -2.48. The fourth-order valence-electron chi connectivity index (χ4n) is 2.82. The minimum Gasteiger partial charge on any atom is -0.405 e. The van der Waals surface area contributed by atoms with Crippen molar-refractivity contribution < 1.29 is 9.53 Å². The molecule has 2 nitrogen and oxygen atoms in total. The lowest BCUT2D eigenvalue weighted by Gasteiger charge is -2.41. The van der Waals surface area contributed by atoms with Gasteiger partial charge < -0.3 is 9.53 Å². The van der Waals surface area contributed by atoms with Gasteiger partial charge in [-0.25, -0.2) is 0 Å². The highest BCUT2D eigenvalue weighted by molar-refractivity contribution is 6.74. The molecule has 2 aliphatic rings. The van der Waals surface area contributed by atoms with Crippen LogP contribution in [-0.4, -0.2) is 24.6 Å². The highest BCUT2D eigenvalue weighted by Crippen LogP contribution is 2.61. The van der Waals surface area contributed by atoms with E-state index in [-0.39, 0.29) is 10.6 Å². The van der Waals surface area contributed by atoms with E-state index in [1.165, 1.54) is 0 Å². The second-order valence-electron chi connectivity index (χ2n) is 8.43. The van der Waals surface area contributed by atoms with Crippen molar-refractivity contribution in [2.24, 2.45) is 11.8 Å². The molecule has 0 aromatic rings. The van der Waals surface area contributed by atoms with E-state index in [9.17, 15) is 5.11 Å². The number of hydrogen-bond donors (Lipinski definition) is 1. The van der Waals surface area contributed by atoms with E-state index in [1.807, 2.05) is 0 Å². The average molecular weight is 282 g/mol. The summed E-state index contributed by atoms with van der Waals surface area (Å²) in [5.74, 6) is 1.08. The Bertz CT molecular complexity index is 394. The zero-order valence-electron chi connectivity index (χ0n) is 13.6. The molecule has 3 atom stereocenters. The van der Waals surface area contributed by atoms with Crippen LogP contribution in [0.15, 0.2) is 12.2 Å². The minimum atomic E-state index is -1.83. The Morgan fingerprint density at radius 3 is 2.32 bits per heavy atom. The first-order valence-corrected chi connectivity index (χ1v) is 10.5. The molecule has 1 N–H and O–H groups in total. The quantitative estimate of drug-likeness (QED) is 0.623. The summed E-state index contributed by atoms with van der Waals surface area (Å²) in [5.41, 5.74) is -0.979. The Morgan fingerprint density at radius 1 is 1.32 bits per heavy atom. The van der Waals surface area contributed by atoms with Crippen LogP contribution in [0.3, 0.4) is 0 Å². The number of fused-ring (bicyclic) bond motifs is 1. The first-order chi connectivity index (χ1) is 8.43. The number of hydrogen-bond acceptors (Lipinski definition) is 2. The third-order valence-electron chi connectivity index (χ3n) is 5.50. The summed E-state index contributed by atoms with van der Waals surface area (Å²) in [7, 11) is -1.83. The first-order valence-electron chi connectivity index (χ1n) is 7.54. The molecule has 0 heterocycles. The summed E-state index contributed by atoms with van der Waals surface area (Å²) in [6.45, 7) is 15.7. The molecule has 0 spiro atoms. The maximum Gasteiger partial charge on any atom is 0.193 e. The molecule has 0 bridgehead atoms. The van der Waals surface area contributed by atoms with Crippen LogP contribution in [0.25, 0.3) is 0 Å². The molecule has 1 saturated carbocycles. The fraction of sp³-hybridized carbons (Fsp3) is 0.875. The smallest absolute Gasteiger partial charge is 0.193 e. The largest absolute Gasteiger partial charge is 0.405 e. The maximum atomic E-state index is 10.8. The zero-order chi connectivity index (χ0) is 14.7. The van der Waals surface area contributed by atoms with Gasteiger partial charge in [0.25, 0.3) is 0 Å². The SMILES string of the molecule is CC(C)[C@H]1C=C[C@]2(O[Si](C)(C)C(C)(C)C)C[C@]2(O)C1. The summed E-state index contributed by atoms with van der Waals surface area (Å²) in [4.78, 5) is 0. The molecule has 0 amide bonds. The van der Waals surface area contributed by atoms with Crippen molar-refractivity contribution in [1.82, 2.24) is 0 Å². The summed E-state index contributed by atoms with van der Waals surface area (Å²) in [6.07, 6.45) is 6.09. The van der Waals surface area contributed by atoms with Gasteiger partial charge in [0.15, 0.2) is 8.32 Å². The number of rotatable bonds is 3. The van der Waals surface area contributed by atoms with Gasteiger partial charge in [0.1, 0.15) is 5.60 Å². The molecule has 0 aromatic heterocycles. The van der Waals surface area contributed by atoms with Crippen molar-refractivity contribution in [1.29, 1.82) is 0 Å². The van der Waals surface area contributed by atoms with Gasteiger partial charge in [0.05, 0.1) is 5.60 Å².